The summed E-state index contributed by atoms with van der Waals surface area (Å²) < 4.78 is 28.9. The molecule has 4 rings (SSSR count). The normalized spacial score (nSPS) is 11.1. The van der Waals surface area contributed by atoms with Crippen molar-refractivity contribution in [1.82, 2.24) is 10.3 Å². The van der Waals surface area contributed by atoms with E-state index >= 15 is 0 Å². The molecule has 172 valence electrons. The molecule has 1 heterocycles. The molecular weight excluding hydrogens is 470 g/mol. The molecule has 0 saturated heterocycles. The third kappa shape index (κ3) is 5.44. The van der Waals surface area contributed by atoms with Crippen LogP contribution in [0, 0.1) is 0 Å². The van der Waals surface area contributed by atoms with E-state index in [2.05, 4.69) is 10.3 Å². The van der Waals surface area contributed by atoms with Gasteiger partial charge in [0.15, 0.2) is 0 Å². The Morgan fingerprint density at radius 3 is 2.24 bits per heavy atom. The molecule has 4 aromatic rings. The molecule has 6 nitrogen and oxygen atoms in total. The van der Waals surface area contributed by atoms with Crippen molar-refractivity contribution in [3.8, 4) is 0 Å². The second kappa shape index (κ2) is 10.5. The van der Waals surface area contributed by atoms with E-state index in [0.717, 1.165) is 11.1 Å². The van der Waals surface area contributed by atoms with E-state index in [-0.39, 0.29) is 28.6 Å². The number of para-hydroxylation sites is 1. The van der Waals surface area contributed by atoms with E-state index in [9.17, 15) is 13.2 Å². The fourth-order valence-electron chi connectivity index (χ4n) is 3.41. The van der Waals surface area contributed by atoms with E-state index in [1.54, 1.807) is 42.7 Å². The lowest BCUT2D eigenvalue weighted by Gasteiger charge is -2.25. The molecule has 34 heavy (non-hydrogen) atoms. The highest BCUT2D eigenvalue weighted by atomic mass is 35.5. The number of rotatable bonds is 8. The largest absolute Gasteiger partial charge is 0.348 e. The van der Waals surface area contributed by atoms with Crippen LogP contribution < -0.4 is 9.62 Å². The lowest BCUT2D eigenvalue weighted by atomic mass is 10.2. The van der Waals surface area contributed by atoms with Gasteiger partial charge in [0, 0.05) is 24.5 Å². The van der Waals surface area contributed by atoms with Gasteiger partial charge in [-0.1, -0.05) is 66.2 Å². The van der Waals surface area contributed by atoms with Crippen molar-refractivity contribution in [3.05, 3.63) is 125 Å². The maximum Gasteiger partial charge on any atom is 0.266 e. The molecule has 1 amide bonds. The number of hydrogen-bond donors (Lipinski definition) is 1. The van der Waals surface area contributed by atoms with Gasteiger partial charge in [-0.25, -0.2) is 8.42 Å². The van der Waals surface area contributed by atoms with Crippen molar-refractivity contribution >= 4 is 33.2 Å². The van der Waals surface area contributed by atoms with Crippen LogP contribution in [0.1, 0.15) is 21.5 Å². The van der Waals surface area contributed by atoms with Crippen LogP contribution in [0.15, 0.2) is 108 Å². The Balaban J connectivity index is 1.67. The van der Waals surface area contributed by atoms with Crippen LogP contribution in [-0.2, 0) is 23.1 Å². The van der Waals surface area contributed by atoms with Crippen LogP contribution in [-0.4, -0.2) is 19.3 Å². The molecule has 0 aliphatic heterocycles. The molecule has 0 saturated carbocycles. The van der Waals surface area contributed by atoms with Gasteiger partial charge < -0.3 is 5.32 Å². The maximum absolute atomic E-state index is 13.8. The Kier molecular flexibility index (Phi) is 7.25. The number of nitrogens with zero attached hydrogens (tertiary/aromatic N) is 2. The van der Waals surface area contributed by atoms with Gasteiger partial charge >= 0.3 is 0 Å². The van der Waals surface area contributed by atoms with Crippen molar-refractivity contribution in [3.63, 3.8) is 0 Å². The van der Waals surface area contributed by atoms with E-state index in [1.807, 2.05) is 42.5 Å². The topological polar surface area (TPSA) is 79.4 Å². The van der Waals surface area contributed by atoms with E-state index in [1.165, 1.54) is 22.5 Å². The zero-order valence-corrected chi connectivity index (χ0v) is 19.7. The van der Waals surface area contributed by atoms with Crippen molar-refractivity contribution in [2.75, 3.05) is 4.31 Å². The Bertz CT molecular complexity index is 1370. The minimum atomic E-state index is -4.09. The molecule has 0 fully saturated rings. The fourth-order valence-corrected chi connectivity index (χ4v) is 5.36. The predicted molar refractivity (Wildman–Crippen MR) is 133 cm³/mol. The molecule has 1 aromatic heterocycles. The number of carbonyl (C=O) groups excluding carboxylic acids is 1. The van der Waals surface area contributed by atoms with Crippen molar-refractivity contribution in [2.24, 2.45) is 0 Å². The number of halogens is 1. The number of anilines is 1. The molecular formula is C26H22ClN3O3S. The third-order valence-electron chi connectivity index (χ3n) is 5.15. The summed E-state index contributed by atoms with van der Waals surface area (Å²) in [6, 6.07) is 26.0. The molecule has 1 N–H and O–H groups in total. The Labute approximate surface area is 203 Å². The van der Waals surface area contributed by atoms with Crippen molar-refractivity contribution < 1.29 is 13.2 Å². The molecule has 0 spiro atoms. The standard InChI is InChI=1S/C26H22ClN3O3S/c27-24-14-13-22(26(31)29-18-21-10-7-15-28-17-21)16-25(24)34(32,33)30(23-11-5-2-6-12-23)19-20-8-3-1-4-9-20/h1-17H,18-19H2,(H,29,31). The lowest BCUT2D eigenvalue weighted by molar-refractivity contribution is 0.0950. The average molecular weight is 492 g/mol. The van der Waals surface area contributed by atoms with Gasteiger partial charge in [0.2, 0.25) is 0 Å². The fraction of sp³-hybridized carbons (Fsp3) is 0.0769. The summed E-state index contributed by atoms with van der Waals surface area (Å²) >= 11 is 6.35. The smallest absolute Gasteiger partial charge is 0.266 e. The first-order valence-corrected chi connectivity index (χ1v) is 12.4. The maximum atomic E-state index is 13.8. The first-order chi connectivity index (χ1) is 16.4. The molecule has 8 heteroatoms. The number of carbonyl (C=O) groups is 1. The number of benzene rings is 3. The SMILES string of the molecule is O=C(NCc1cccnc1)c1ccc(Cl)c(S(=O)(=O)N(Cc2ccccc2)c2ccccc2)c1. The minimum Gasteiger partial charge on any atom is -0.348 e. The Hall–Kier alpha value is -3.68. The minimum absolute atomic E-state index is 0.0396. The number of hydrogen-bond acceptors (Lipinski definition) is 4. The van der Waals surface area contributed by atoms with Crippen LogP contribution in [0.2, 0.25) is 5.02 Å². The predicted octanol–water partition coefficient (Wildman–Crippen LogP) is 5.06. The van der Waals surface area contributed by atoms with Crippen molar-refractivity contribution in [2.45, 2.75) is 18.0 Å². The van der Waals surface area contributed by atoms with Crippen molar-refractivity contribution in [1.29, 1.82) is 0 Å². The second-order valence-corrected chi connectivity index (χ2v) is 9.76. The first-order valence-electron chi connectivity index (χ1n) is 10.5. The molecule has 3 aromatic carbocycles. The van der Waals surface area contributed by atoms with Crippen LogP contribution in [0.25, 0.3) is 0 Å². The van der Waals surface area contributed by atoms with Crippen LogP contribution >= 0.6 is 11.6 Å². The van der Waals surface area contributed by atoms with E-state index in [4.69, 9.17) is 11.6 Å². The first kappa shape index (κ1) is 23.5. The van der Waals surface area contributed by atoms with Gasteiger partial charge in [0.05, 0.1) is 17.3 Å². The molecule has 0 radical (unpaired) electrons. The average Bonchev–Trinajstić information content (AvgIpc) is 2.87. The number of aromatic nitrogens is 1. The summed E-state index contributed by atoms with van der Waals surface area (Å²) in [7, 11) is -4.09. The number of sulfonamides is 1. The molecule has 0 aliphatic carbocycles. The van der Waals surface area contributed by atoms with Crippen LogP contribution in [0.3, 0.4) is 0 Å². The Morgan fingerprint density at radius 1 is 0.882 bits per heavy atom. The summed E-state index contributed by atoms with van der Waals surface area (Å²) in [6.07, 6.45) is 3.30. The summed E-state index contributed by atoms with van der Waals surface area (Å²) in [4.78, 5) is 16.6. The van der Waals surface area contributed by atoms with Gasteiger partial charge in [0.25, 0.3) is 15.9 Å². The monoisotopic (exact) mass is 491 g/mol. The lowest BCUT2D eigenvalue weighted by Crippen LogP contribution is -2.31. The zero-order chi connectivity index (χ0) is 24.0. The van der Waals surface area contributed by atoms with Gasteiger partial charge in [0.1, 0.15) is 4.90 Å². The summed E-state index contributed by atoms with van der Waals surface area (Å²) in [5.41, 5.74) is 2.33. The summed E-state index contributed by atoms with van der Waals surface area (Å²) in [6.45, 7) is 0.377. The highest BCUT2D eigenvalue weighted by Crippen LogP contribution is 2.30. The quantitative estimate of drug-likeness (QED) is 0.373. The number of amides is 1. The molecule has 0 unspecified atom stereocenters. The van der Waals surface area contributed by atoms with Gasteiger partial charge in [-0.05, 0) is 47.5 Å². The highest BCUT2D eigenvalue weighted by molar-refractivity contribution is 7.93. The van der Waals surface area contributed by atoms with Gasteiger partial charge in [-0.15, -0.1) is 0 Å². The zero-order valence-electron chi connectivity index (χ0n) is 18.1. The van der Waals surface area contributed by atoms with E-state index < -0.39 is 15.9 Å². The highest BCUT2D eigenvalue weighted by Gasteiger charge is 2.28. The summed E-state index contributed by atoms with van der Waals surface area (Å²) in [5.74, 6) is -0.411. The molecule has 0 atom stereocenters. The van der Waals surface area contributed by atoms with Crippen LogP contribution in [0.4, 0.5) is 5.69 Å². The van der Waals surface area contributed by atoms with Gasteiger partial charge in [-0.3, -0.25) is 14.1 Å². The van der Waals surface area contributed by atoms with Gasteiger partial charge in [-0.2, -0.15) is 0 Å². The molecule has 0 aliphatic rings. The van der Waals surface area contributed by atoms with Crippen LogP contribution in [0.5, 0.6) is 0 Å². The summed E-state index contributed by atoms with van der Waals surface area (Å²) in [5, 5.41) is 2.82. The number of nitrogens with one attached hydrogen (secondary N) is 1. The Morgan fingerprint density at radius 2 is 1.56 bits per heavy atom. The van der Waals surface area contributed by atoms with E-state index in [0.29, 0.717) is 5.69 Å². The second-order valence-electron chi connectivity index (χ2n) is 7.52. The number of pyridine rings is 1. The third-order valence-corrected chi connectivity index (χ3v) is 7.41. The molecule has 0 bridgehead atoms.